The van der Waals surface area contributed by atoms with E-state index in [2.05, 4.69) is 77.4 Å². The highest BCUT2D eigenvalue weighted by molar-refractivity contribution is 7.98. The Morgan fingerprint density at radius 2 is 1.23 bits per heavy atom. The van der Waals surface area contributed by atoms with E-state index in [9.17, 15) is 4.79 Å². The zero-order chi connectivity index (χ0) is 27.8. The van der Waals surface area contributed by atoms with Crippen LogP contribution in [0.5, 0.6) is 0 Å². The highest BCUT2D eigenvalue weighted by atomic mass is 32.2. The van der Waals surface area contributed by atoms with Crippen LogP contribution < -0.4 is 10.6 Å². The van der Waals surface area contributed by atoms with Gasteiger partial charge in [0.2, 0.25) is 0 Å². The van der Waals surface area contributed by atoms with E-state index in [4.69, 9.17) is 13.3 Å². The summed E-state index contributed by atoms with van der Waals surface area (Å²) in [6.45, 7) is 7.99. The molecule has 2 N–H and O–H groups in total. The van der Waals surface area contributed by atoms with E-state index in [-0.39, 0.29) is 6.03 Å². The zero-order valence-corrected chi connectivity index (χ0v) is 25.7. The minimum absolute atomic E-state index is 0.221. The Kier molecular flexibility index (Phi) is 14.0. The molecule has 0 fully saturated rings. The van der Waals surface area contributed by atoms with Crippen LogP contribution in [0, 0.1) is 0 Å². The Morgan fingerprint density at radius 1 is 0.744 bits per heavy atom. The lowest BCUT2D eigenvalue weighted by Gasteiger charge is -2.28. The van der Waals surface area contributed by atoms with Crippen molar-refractivity contribution in [3.05, 3.63) is 90.0 Å². The quantitative estimate of drug-likeness (QED) is 0.0957. The van der Waals surface area contributed by atoms with Gasteiger partial charge in [-0.15, -0.1) is 23.5 Å². The van der Waals surface area contributed by atoms with Crippen molar-refractivity contribution in [2.75, 3.05) is 31.7 Å². The molecular weight excluding hydrogens is 545 g/mol. The Morgan fingerprint density at radius 3 is 1.69 bits per heavy atom. The smallest absolute Gasteiger partial charge is 0.374 e. The number of hydrogen-bond acceptors (Lipinski definition) is 6. The van der Waals surface area contributed by atoms with Gasteiger partial charge in [0.15, 0.2) is 0 Å². The van der Waals surface area contributed by atoms with Crippen LogP contribution in [0.25, 0.3) is 0 Å². The van der Waals surface area contributed by atoms with Crippen LogP contribution >= 0.6 is 23.5 Å². The van der Waals surface area contributed by atoms with E-state index in [1.54, 1.807) is 23.5 Å². The Balaban J connectivity index is 1.60. The number of hydrogen-bond donors (Lipinski definition) is 2. The molecule has 0 radical (unpaired) electrons. The first-order valence-electron chi connectivity index (χ1n) is 13.5. The van der Waals surface area contributed by atoms with E-state index in [0.717, 1.165) is 17.2 Å². The van der Waals surface area contributed by atoms with Gasteiger partial charge in [-0.25, -0.2) is 4.79 Å². The SMILES string of the molecule is CCO[Si](CCCNC(=O)Nc1cc(CSc2ccccc2)cc(CSc2ccccc2)c1)(OCC)OCC. The summed E-state index contributed by atoms with van der Waals surface area (Å²) in [4.78, 5) is 15.2. The molecule has 0 aromatic heterocycles. The van der Waals surface area contributed by atoms with Gasteiger partial charge in [-0.2, -0.15) is 0 Å². The highest BCUT2D eigenvalue weighted by Gasteiger charge is 2.39. The first-order chi connectivity index (χ1) is 19.1. The van der Waals surface area contributed by atoms with Crippen molar-refractivity contribution in [3.8, 4) is 0 Å². The largest absolute Gasteiger partial charge is 0.500 e. The van der Waals surface area contributed by atoms with Gasteiger partial charge in [0.25, 0.3) is 0 Å². The second-order valence-electron chi connectivity index (χ2n) is 8.71. The molecule has 0 aliphatic heterocycles. The summed E-state index contributed by atoms with van der Waals surface area (Å²) in [6.07, 6.45) is 0.715. The molecule has 39 heavy (non-hydrogen) atoms. The molecule has 9 heteroatoms. The van der Waals surface area contributed by atoms with Gasteiger partial charge in [-0.3, -0.25) is 0 Å². The fourth-order valence-corrected chi connectivity index (χ4v) is 8.36. The van der Waals surface area contributed by atoms with Crippen molar-refractivity contribution in [2.24, 2.45) is 0 Å². The molecule has 210 valence electrons. The van der Waals surface area contributed by atoms with Gasteiger partial charge in [-0.1, -0.05) is 42.5 Å². The van der Waals surface area contributed by atoms with Gasteiger partial charge < -0.3 is 23.9 Å². The normalized spacial score (nSPS) is 11.4. The van der Waals surface area contributed by atoms with E-state index >= 15 is 0 Å². The van der Waals surface area contributed by atoms with E-state index in [1.807, 2.05) is 32.9 Å². The third-order valence-corrected chi connectivity index (χ3v) is 11.0. The molecule has 0 atom stereocenters. The highest BCUT2D eigenvalue weighted by Crippen LogP contribution is 2.28. The summed E-state index contributed by atoms with van der Waals surface area (Å²) in [6, 6.07) is 27.5. The molecule has 0 aliphatic carbocycles. The molecule has 3 rings (SSSR count). The van der Waals surface area contributed by atoms with Gasteiger partial charge in [0.1, 0.15) is 0 Å². The van der Waals surface area contributed by atoms with E-state index < -0.39 is 8.80 Å². The van der Waals surface area contributed by atoms with Crippen molar-refractivity contribution in [1.82, 2.24) is 5.32 Å². The molecule has 0 bridgehead atoms. The average molecular weight is 585 g/mol. The zero-order valence-electron chi connectivity index (χ0n) is 23.1. The standard InChI is InChI=1S/C30H40N2O4S2Si/c1-4-34-39(35-5-2,36-6-3)19-13-18-31-30(33)32-27-21-25(23-37-28-14-9-7-10-15-28)20-26(22-27)24-38-29-16-11-8-12-17-29/h7-12,14-17,20-22H,4-6,13,18-19,23-24H2,1-3H3,(H2,31,32,33). The van der Waals surface area contributed by atoms with E-state index in [1.165, 1.54) is 20.9 Å². The summed E-state index contributed by atoms with van der Waals surface area (Å²) in [5.74, 6) is 1.65. The van der Waals surface area contributed by atoms with Crippen molar-refractivity contribution < 1.29 is 18.1 Å². The number of carbonyl (C=O) groups excluding carboxylic acids is 1. The summed E-state index contributed by atoms with van der Waals surface area (Å²) < 4.78 is 17.7. The summed E-state index contributed by atoms with van der Waals surface area (Å²) >= 11 is 3.58. The van der Waals surface area contributed by atoms with Gasteiger partial charge >= 0.3 is 14.8 Å². The number of amides is 2. The molecule has 6 nitrogen and oxygen atoms in total. The van der Waals surface area contributed by atoms with Crippen LogP contribution in [0.3, 0.4) is 0 Å². The minimum Gasteiger partial charge on any atom is -0.374 e. The second kappa shape index (κ2) is 17.4. The Bertz CT molecular complexity index is 1040. The predicted octanol–water partition coefficient (Wildman–Crippen LogP) is 7.83. The minimum atomic E-state index is -2.71. The summed E-state index contributed by atoms with van der Waals surface area (Å²) in [7, 11) is -2.71. The lowest BCUT2D eigenvalue weighted by Crippen LogP contribution is -2.46. The summed E-state index contributed by atoms with van der Waals surface area (Å²) in [5.41, 5.74) is 3.14. The fraction of sp³-hybridized carbons (Fsp3) is 0.367. The van der Waals surface area contributed by atoms with Crippen molar-refractivity contribution in [3.63, 3.8) is 0 Å². The molecule has 3 aromatic rings. The topological polar surface area (TPSA) is 68.8 Å². The molecule has 0 spiro atoms. The van der Waals surface area contributed by atoms with Crippen LogP contribution in [0.1, 0.15) is 38.3 Å². The van der Waals surface area contributed by atoms with Crippen LogP contribution in [0.15, 0.2) is 88.7 Å². The molecule has 0 aliphatic rings. The Hall–Kier alpha value is -2.27. The maximum atomic E-state index is 12.8. The number of benzene rings is 3. The van der Waals surface area contributed by atoms with Gasteiger partial charge in [0.05, 0.1) is 0 Å². The van der Waals surface area contributed by atoms with Crippen molar-refractivity contribution in [1.29, 1.82) is 0 Å². The first kappa shape index (κ1) is 31.3. The number of urea groups is 1. The number of carbonyl (C=O) groups is 1. The number of nitrogens with one attached hydrogen (secondary N) is 2. The van der Waals surface area contributed by atoms with Gasteiger partial charge in [-0.05, 0) is 74.7 Å². The van der Waals surface area contributed by atoms with Crippen LogP contribution in [-0.2, 0) is 24.8 Å². The third kappa shape index (κ3) is 11.4. The molecule has 0 unspecified atom stereocenters. The molecule has 3 aromatic carbocycles. The summed E-state index contributed by atoms with van der Waals surface area (Å²) in [5, 5.41) is 6.02. The molecule has 0 saturated heterocycles. The van der Waals surface area contributed by atoms with Crippen LogP contribution in [0.4, 0.5) is 10.5 Å². The maximum absolute atomic E-state index is 12.8. The third-order valence-electron chi connectivity index (χ3n) is 5.65. The van der Waals surface area contributed by atoms with Crippen LogP contribution in [-0.4, -0.2) is 41.2 Å². The van der Waals surface area contributed by atoms with Crippen LogP contribution in [0.2, 0.25) is 6.04 Å². The molecular formula is C30H40N2O4S2Si. The van der Waals surface area contributed by atoms with E-state index in [0.29, 0.717) is 38.8 Å². The van der Waals surface area contributed by atoms with Gasteiger partial charge in [0, 0.05) is 59.4 Å². The predicted molar refractivity (Wildman–Crippen MR) is 166 cm³/mol. The van der Waals surface area contributed by atoms with Crippen molar-refractivity contribution >= 4 is 44.0 Å². The van der Waals surface area contributed by atoms with Crippen molar-refractivity contribution in [2.45, 2.75) is 54.5 Å². The fourth-order valence-electron chi connectivity index (χ4n) is 4.05. The average Bonchev–Trinajstić information content (AvgIpc) is 2.95. The lowest BCUT2D eigenvalue weighted by atomic mass is 10.1. The monoisotopic (exact) mass is 584 g/mol. The second-order valence-corrected chi connectivity index (χ2v) is 13.5. The number of thioether (sulfide) groups is 2. The number of anilines is 1. The lowest BCUT2D eigenvalue weighted by molar-refractivity contribution is 0.0708. The molecule has 0 saturated carbocycles. The number of rotatable bonds is 17. The molecule has 2 amide bonds. The Labute approximate surface area is 243 Å². The first-order valence-corrected chi connectivity index (χ1v) is 17.4. The molecule has 0 heterocycles. The maximum Gasteiger partial charge on any atom is 0.500 e.